The molecule has 0 amide bonds. The highest BCUT2D eigenvalue weighted by Gasteiger charge is 2.72. The van der Waals surface area contributed by atoms with Crippen molar-refractivity contribution in [2.24, 2.45) is 16.2 Å². The van der Waals surface area contributed by atoms with E-state index >= 15 is 0 Å². The third kappa shape index (κ3) is 1.54. The molecule has 2 heteroatoms. The number of nitrogens with zero attached hydrogens (tertiary/aromatic N) is 1. The lowest BCUT2D eigenvalue weighted by atomic mass is 9.73. The van der Waals surface area contributed by atoms with Gasteiger partial charge in [0.2, 0.25) is 0 Å². The van der Waals surface area contributed by atoms with Gasteiger partial charge in [0.05, 0.1) is 6.04 Å². The Hall–Kier alpha value is -0.370. The molecule has 1 aliphatic heterocycles. The number of ketones is 1. The van der Waals surface area contributed by atoms with Gasteiger partial charge in [-0.3, -0.25) is 9.69 Å². The summed E-state index contributed by atoms with van der Waals surface area (Å²) in [6, 6.07) is 0.204. The Bertz CT molecular complexity index is 377. The van der Waals surface area contributed by atoms with Crippen LogP contribution in [-0.4, -0.2) is 29.8 Å². The monoisotopic (exact) mass is 249 g/mol. The minimum absolute atomic E-state index is 0.189. The minimum atomic E-state index is -0.189. The van der Waals surface area contributed by atoms with Crippen molar-refractivity contribution >= 4 is 5.78 Å². The molecule has 0 aromatic rings. The fraction of sp³-hybridized carbons (Fsp3) is 0.938. The van der Waals surface area contributed by atoms with Crippen molar-refractivity contribution in [3.8, 4) is 0 Å². The molecular weight excluding hydrogens is 222 g/mol. The maximum absolute atomic E-state index is 12.6. The minimum Gasteiger partial charge on any atom is -0.297 e. The summed E-state index contributed by atoms with van der Waals surface area (Å²) >= 11 is 0. The average molecular weight is 249 g/mol. The van der Waals surface area contributed by atoms with Crippen LogP contribution in [0.15, 0.2) is 0 Å². The number of likely N-dealkylation sites (tertiary alicyclic amines) is 1. The second kappa shape index (κ2) is 3.59. The number of rotatable bonds is 2. The summed E-state index contributed by atoms with van der Waals surface area (Å²) < 4.78 is 0. The van der Waals surface area contributed by atoms with Crippen LogP contribution in [0, 0.1) is 16.2 Å². The quantitative estimate of drug-likeness (QED) is 0.748. The normalized spacial score (nSPS) is 38.1. The number of carbonyl (C=O) groups is 1. The lowest BCUT2D eigenvalue weighted by Crippen LogP contribution is -2.41. The Morgan fingerprint density at radius 3 is 2.33 bits per heavy atom. The van der Waals surface area contributed by atoms with Crippen LogP contribution < -0.4 is 0 Å². The standard InChI is InChI=1S/C16H27NO/c1-5-17-11-16(10-15(16)7-6-8-15)9-12(17)13(18)14(2,3)4/h12H,5-11H2,1-4H3/t12-,16+/m0/s1. The molecule has 3 fully saturated rings. The van der Waals surface area contributed by atoms with E-state index in [4.69, 9.17) is 0 Å². The summed E-state index contributed by atoms with van der Waals surface area (Å²) in [5, 5.41) is 0. The lowest BCUT2D eigenvalue weighted by molar-refractivity contribution is -0.130. The van der Waals surface area contributed by atoms with E-state index in [0.29, 0.717) is 16.6 Å². The van der Waals surface area contributed by atoms with Crippen molar-refractivity contribution < 1.29 is 4.79 Å². The zero-order valence-electron chi connectivity index (χ0n) is 12.4. The van der Waals surface area contributed by atoms with E-state index in [-0.39, 0.29) is 11.5 Å². The van der Waals surface area contributed by atoms with Crippen molar-refractivity contribution in [1.29, 1.82) is 0 Å². The molecule has 2 aliphatic carbocycles. The number of fused-ring (bicyclic) bond motifs is 1. The second-order valence-electron chi connectivity index (χ2n) is 7.99. The molecule has 3 aliphatic rings. The summed E-state index contributed by atoms with van der Waals surface area (Å²) in [7, 11) is 0. The van der Waals surface area contributed by atoms with Gasteiger partial charge in [0.1, 0.15) is 0 Å². The molecule has 18 heavy (non-hydrogen) atoms. The maximum Gasteiger partial charge on any atom is 0.155 e. The van der Waals surface area contributed by atoms with Gasteiger partial charge in [0, 0.05) is 12.0 Å². The van der Waals surface area contributed by atoms with Crippen LogP contribution >= 0.6 is 0 Å². The van der Waals surface area contributed by atoms with Crippen molar-refractivity contribution in [1.82, 2.24) is 4.90 Å². The number of likely N-dealkylation sites (N-methyl/N-ethyl adjacent to an activating group) is 1. The SMILES string of the molecule is CCN1C[C@@]2(C[C@H]1C(=O)C(C)(C)C)CC21CCC1. The van der Waals surface area contributed by atoms with Crippen LogP contribution in [0.4, 0.5) is 0 Å². The predicted octanol–water partition coefficient (Wildman–Crippen LogP) is 3.26. The van der Waals surface area contributed by atoms with Gasteiger partial charge in [0.25, 0.3) is 0 Å². The van der Waals surface area contributed by atoms with Crippen molar-refractivity contribution in [3.05, 3.63) is 0 Å². The number of hydrogen-bond acceptors (Lipinski definition) is 2. The van der Waals surface area contributed by atoms with Crippen molar-refractivity contribution in [2.45, 2.75) is 65.8 Å². The molecule has 0 unspecified atom stereocenters. The van der Waals surface area contributed by atoms with Gasteiger partial charge >= 0.3 is 0 Å². The van der Waals surface area contributed by atoms with Gasteiger partial charge in [0.15, 0.2) is 5.78 Å². The van der Waals surface area contributed by atoms with E-state index in [2.05, 4.69) is 32.6 Å². The van der Waals surface area contributed by atoms with E-state index in [1.165, 1.54) is 32.2 Å². The first-order valence-corrected chi connectivity index (χ1v) is 7.62. The average Bonchev–Trinajstić information content (AvgIpc) is 2.74. The molecule has 0 N–H and O–H groups in total. The van der Waals surface area contributed by atoms with Crippen LogP contribution in [0.5, 0.6) is 0 Å². The van der Waals surface area contributed by atoms with E-state index in [9.17, 15) is 4.79 Å². The van der Waals surface area contributed by atoms with Gasteiger partial charge in [-0.1, -0.05) is 34.1 Å². The third-order valence-electron chi connectivity index (χ3n) is 5.97. The molecule has 2 spiro atoms. The Labute approximate surface area is 111 Å². The van der Waals surface area contributed by atoms with Crippen LogP contribution in [0.1, 0.15) is 59.8 Å². The van der Waals surface area contributed by atoms with Crippen molar-refractivity contribution in [2.75, 3.05) is 13.1 Å². The van der Waals surface area contributed by atoms with Gasteiger partial charge in [-0.25, -0.2) is 0 Å². The highest BCUT2D eigenvalue weighted by molar-refractivity contribution is 5.89. The summed E-state index contributed by atoms with van der Waals surface area (Å²) in [5.41, 5.74) is 1.02. The summed E-state index contributed by atoms with van der Waals surface area (Å²) in [6.45, 7) is 10.6. The van der Waals surface area contributed by atoms with Crippen molar-refractivity contribution in [3.63, 3.8) is 0 Å². The van der Waals surface area contributed by atoms with Gasteiger partial charge in [-0.05, 0) is 43.1 Å². The first-order valence-electron chi connectivity index (χ1n) is 7.62. The van der Waals surface area contributed by atoms with Crippen LogP contribution in [0.25, 0.3) is 0 Å². The van der Waals surface area contributed by atoms with Gasteiger partial charge in [-0.2, -0.15) is 0 Å². The van der Waals surface area contributed by atoms with Gasteiger partial charge < -0.3 is 0 Å². The van der Waals surface area contributed by atoms with Crippen LogP contribution in [0.3, 0.4) is 0 Å². The predicted molar refractivity (Wildman–Crippen MR) is 73.4 cm³/mol. The Kier molecular flexibility index (Phi) is 2.53. The summed E-state index contributed by atoms with van der Waals surface area (Å²) in [4.78, 5) is 15.1. The summed E-state index contributed by atoms with van der Waals surface area (Å²) in [5.74, 6) is 0.461. The zero-order chi connectivity index (χ0) is 13.2. The molecule has 0 radical (unpaired) electrons. The summed E-state index contributed by atoms with van der Waals surface area (Å²) in [6.07, 6.45) is 6.84. The van der Waals surface area contributed by atoms with E-state index in [1.807, 2.05) is 0 Å². The Morgan fingerprint density at radius 1 is 1.28 bits per heavy atom. The maximum atomic E-state index is 12.6. The molecule has 0 bridgehead atoms. The third-order valence-corrected chi connectivity index (χ3v) is 5.97. The highest BCUT2D eigenvalue weighted by Crippen LogP contribution is 2.77. The molecular formula is C16H27NO. The number of Topliss-reactive ketones (excluding diaryl/α,β-unsaturated/α-hetero) is 1. The highest BCUT2D eigenvalue weighted by atomic mass is 16.1. The zero-order valence-corrected chi connectivity index (χ0v) is 12.4. The van der Waals surface area contributed by atoms with Crippen LogP contribution in [0.2, 0.25) is 0 Å². The number of carbonyl (C=O) groups excluding carboxylic acids is 1. The first-order chi connectivity index (χ1) is 8.34. The molecule has 2 saturated carbocycles. The van der Waals surface area contributed by atoms with E-state index < -0.39 is 0 Å². The molecule has 3 rings (SSSR count). The molecule has 1 heterocycles. The smallest absolute Gasteiger partial charge is 0.155 e. The lowest BCUT2D eigenvalue weighted by Gasteiger charge is -2.31. The molecule has 2 atom stereocenters. The fourth-order valence-electron chi connectivity index (χ4n) is 4.58. The van der Waals surface area contributed by atoms with Gasteiger partial charge in [-0.15, -0.1) is 0 Å². The van der Waals surface area contributed by atoms with Crippen LogP contribution in [-0.2, 0) is 4.79 Å². The number of hydrogen-bond donors (Lipinski definition) is 0. The molecule has 102 valence electrons. The van der Waals surface area contributed by atoms with E-state index in [1.54, 1.807) is 0 Å². The molecule has 2 nitrogen and oxygen atoms in total. The second-order valence-corrected chi connectivity index (χ2v) is 7.99. The topological polar surface area (TPSA) is 20.3 Å². The Morgan fingerprint density at radius 2 is 1.94 bits per heavy atom. The molecule has 0 aromatic heterocycles. The molecule has 1 saturated heterocycles. The Balaban J connectivity index is 1.78. The first kappa shape index (κ1) is 12.7. The fourth-order valence-corrected chi connectivity index (χ4v) is 4.58. The molecule has 0 aromatic carbocycles. The largest absolute Gasteiger partial charge is 0.297 e. The van der Waals surface area contributed by atoms with E-state index in [0.717, 1.165) is 13.0 Å².